The first-order chi connectivity index (χ1) is 8.69. The van der Waals surface area contributed by atoms with Crippen molar-refractivity contribution in [2.45, 2.75) is 38.7 Å². The van der Waals surface area contributed by atoms with Gasteiger partial charge < -0.3 is 9.47 Å². The third kappa shape index (κ3) is 2.27. The van der Waals surface area contributed by atoms with E-state index in [-0.39, 0.29) is 18.0 Å². The molecule has 0 aromatic heterocycles. The molecule has 3 nitrogen and oxygen atoms in total. The predicted molar refractivity (Wildman–Crippen MR) is 69.6 cm³/mol. The van der Waals surface area contributed by atoms with Crippen molar-refractivity contribution < 1.29 is 14.3 Å². The fraction of sp³-hybridized carbons (Fsp3) is 0.533. The van der Waals surface area contributed by atoms with Crippen LogP contribution < -0.4 is 0 Å². The summed E-state index contributed by atoms with van der Waals surface area (Å²) in [6.07, 6.45) is 1.73. The first-order valence-corrected chi connectivity index (χ1v) is 6.50. The molecule has 3 heteroatoms. The molecule has 0 N–H and O–H groups in total. The minimum Gasteiger partial charge on any atom is -0.469 e. The van der Waals surface area contributed by atoms with E-state index in [1.54, 1.807) is 0 Å². The molecule has 18 heavy (non-hydrogen) atoms. The highest BCUT2D eigenvalue weighted by molar-refractivity contribution is 5.78. The van der Waals surface area contributed by atoms with Crippen molar-refractivity contribution in [1.82, 2.24) is 0 Å². The van der Waals surface area contributed by atoms with Gasteiger partial charge in [-0.05, 0) is 36.5 Å². The van der Waals surface area contributed by atoms with Gasteiger partial charge >= 0.3 is 5.97 Å². The van der Waals surface area contributed by atoms with Crippen LogP contribution in [0.4, 0.5) is 0 Å². The van der Waals surface area contributed by atoms with Gasteiger partial charge in [-0.2, -0.15) is 0 Å². The average molecular weight is 248 g/mol. The Balaban J connectivity index is 2.47. The lowest BCUT2D eigenvalue weighted by molar-refractivity contribution is -0.142. The van der Waals surface area contributed by atoms with Gasteiger partial charge in [-0.25, -0.2) is 0 Å². The van der Waals surface area contributed by atoms with E-state index in [0.29, 0.717) is 0 Å². The summed E-state index contributed by atoms with van der Waals surface area (Å²) in [5.41, 5.74) is 3.55. The molecule has 0 saturated heterocycles. The minimum absolute atomic E-state index is 0.0589. The van der Waals surface area contributed by atoms with Crippen LogP contribution in [-0.4, -0.2) is 19.7 Å². The van der Waals surface area contributed by atoms with Crippen LogP contribution in [0.3, 0.4) is 0 Å². The summed E-state index contributed by atoms with van der Waals surface area (Å²) < 4.78 is 10.6. The molecular formula is C15H20O3. The van der Waals surface area contributed by atoms with Crippen LogP contribution >= 0.6 is 0 Å². The summed E-state index contributed by atoms with van der Waals surface area (Å²) in [6.45, 7) is 4.81. The molecular weight excluding hydrogens is 228 g/mol. The van der Waals surface area contributed by atoms with E-state index in [1.165, 1.54) is 18.2 Å². The zero-order valence-electron chi connectivity index (χ0n) is 11.2. The smallest absolute Gasteiger partial charge is 0.313 e. The van der Waals surface area contributed by atoms with Crippen LogP contribution in [-0.2, 0) is 20.7 Å². The first kappa shape index (κ1) is 13.1. The minimum atomic E-state index is -0.186. The third-order valence-electron chi connectivity index (χ3n) is 3.65. The number of ether oxygens (including phenoxy) is 2. The highest BCUT2D eigenvalue weighted by Crippen LogP contribution is 2.35. The quantitative estimate of drug-likeness (QED) is 0.771. The topological polar surface area (TPSA) is 35.5 Å². The molecule has 2 rings (SSSR count). The summed E-state index contributed by atoms with van der Waals surface area (Å²) in [4.78, 5) is 11.9. The summed E-state index contributed by atoms with van der Waals surface area (Å²) in [5, 5.41) is 0. The predicted octanol–water partition coefficient (Wildman–Crippen LogP) is 2.99. The van der Waals surface area contributed by atoms with Crippen molar-refractivity contribution in [3.63, 3.8) is 0 Å². The number of methoxy groups -OCH3 is 1. The molecule has 0 radical (unpaired) electrons. The lowest BCUT2D eigenvalue weighted by atomic mass is 9.85. The van der Waals surface area contributed by atoms with Gasteiger partial charge in [0, 0.05) is 0 Å². The second-order valence-electron chi connectivity index (χ2n) is 4.67. The molecule has 2 unspecified atom stereocenters. The number of hydrogen-bond acceptors (Lipinski definition) is 3. The van der Waals surface area contributed by atoms with Crippen LogP contribution in [0.2, 0.25) is 0 Å². The van der Waals surface area contributed by atoms with Crippen LogP contribution in [0.5, 0.6) is 0 Å². The normalized spacial score (nSPS) is 20.1. The molecule has 1 aliphatic rings. The maximum absolute atomic E-state index is 11.9. The number of rotatable bonds is 3. The van der Waals surface area contributed by atoms with E-state index in [1.807, 2.05) is 26.0 Å². The van der Waals surface area contributed by atoms with Gasteiger partial charge in [-0.15, -0.1) is 0 Å². The molecule has 2 atom stereocenters. The standard InChI is InChI=1S/C15H20O3/c1-4-12(15(16)17-3)13-7-5-6-11-8-9-18-10(2)14(11)13/h5-7,10,12H,4,8-9H2,1-3H3. The zero-order valence-corrected chi connectivity index (χ0v) is 11.2. The van der Waals surface area contributed by atoms with E-state index in [0.717, 1.165) is 25.0 Å². The maximum atomic E-state index is 11.9. The number of carbonyl (C=O) groups excluding carboxylic acids is 1. The van der Waals surface area contributed by atoms with E-state index < -0.39 is 0 Å². The summed E-state index contributed by atoms with van der Waals surface area (Å²) in [7, 11) is 1.44. The summed E-state index contributed by atoms with van der Waals surface area (Å²) in [5.74, 6) is -0.349. The van der Waals surface area contributed by atoms with Crippen molar-refractivity contribution in [3.05, 3.63) is 34.9 Å². The van der Waals surface area contributed by atoms with Crippen molar-refractivity contribution in [1.29, 1.82) is 0 Å². The van der Waals surface area contributed by atoms with Gasteiger partial charge in [0.2, 0.25) is 0 Å². The lowest BCUT2D eigenvalue weighted by Gasteiger charge is -2.28. The molecule has 0 amide bonds. The van der Waals surface area contributed by atoms with Crippen molar-refractivity contribution in [2.24, 2.45) is 0 Å². The molecule has 1 aromatic rings. The van der Waals surface area contributed by atoms with Gasteiger partial charge in [-0.3, -0.25) is 4.79 Å². The zero-order chi connectivity index (χ0) is 13.1. The van der Waals surface area contributed by atoms with Crippen molar-refractivity contribution in [3.8, 4) is 0 Å². The first-order valence-electron chi connectivity index (χ1n) is 6.50. The lowest BCUT2D eigenvalue weighted by Crippen LogP contribution is -2.21. The number of carbonyl (C=O) groups is 1. The number of fused-ring (bicyclic) bond motifs is 1. The van der Waals surface area contributed by atoms with E-state index in [9.17, 15) is 4.79 Å². The molecule has 1 heterocycles. The van der Waals surface area contributed by atoms with Gasteiger partial charge in [0.05, 0.1) is 25.7 Å². The SMILES string of the molecule is CCC(C(=O)OC)c1cccc2c1C(C)OCC2. The Morgan fingerprint density at radius 1 is 1.56 bits per heavy atom. The van der Waals surface area contributed by atoms with Crippen LogP contribution in [0.25, 0.3) is 0 Å². The molecule has 0 saturated carbocycles. The fourth-order valence-electron chi connectivity index (χ4n) is 2.74. The molecule has 0 bridgehead atoms. The van der Waals surface area contributed by atoms with Crippen LogP contribution in [0, 0.1) is 0 Å². The molecule has 98 valence electrons. The molecule has 0 spiro atoms. The summed E-state index contributed by atoms with van der Waals surface area (Å²) in [6, 6.07) is 6.18. The molecule has 1 aromatic carbocycles. The average Bonchev–Trinajstić information content (AvgIpc) is 2.39. The van der Waals surface area contributed by atoms with Crippen LogP contribution in [0.1, 0.15) is 49.0 Å². The Bertz CT molecular complexity index is 439. The maximum Gasteiger partial charge on any atom is 0.313 e. The second kappa shape index (κ2) is 5.53. The Morgan fingerprint density at radius 3 is 3.00 bits per heavy atom. The second-order valence-corrected chi connectivity index (χ2v) is 4.67. The Hall–Kier alpha value is -1.35. The van der Waals surface area contributed by atoms with Gasteiger partial charge in [-0.1, -0.05) is 25.1 Å². The summed E-state index contributed by atoms with van der Waals surface area (Å²) >= 11 is 0. The van der Waals surface area contributed by atoms with E-state index in [4.69, 9.17) is 9.47 Å². The molecule has 1 aliphatic heterocycles. The highest BCUT2D eigenvalue weighted by atomic mass is 16.5. The van der Waals surface area contributed by atoms with Gasteiger partial charge in [0.1, 0.15) is 0 Å². The number of hydrogen-bond donors (Lipinski definition) is 0. The largest absolute Gasteiger partial charge is 0.469 e. The number of benzene rings is 1. The van der Waals surface area contributed by atoms with Crippen molar-refractivity contribution >= 4 is 5.97 Å². The Kier molecular flexibility index (Phi) is 4.02. The van der Waals surface area contributed by atoms with E-state index >= 15 is 0 Å². The van der Waals surface area contributed by atoms with Gasteiger partial charge in [0.25, 0.3) is 0 Å². The molecule has 0 fully saturated rings. The van der Waals surface area contributed by atoms with Crippen molar-refractivity contribution in [2.75, 3.05) is 13.7 Å². The highest BCUT2D eigenvalue weighted by Gasteiger charge is 2.27. The fourth-order valence-corrected chi connectivity index (χ4v) is 2.74. The number of esters is 1. The van der Waals surface area contributed by atoms with Gasteiger partial charge in [0.15, 0.2) is 0 Å². The van der Waals surface area contributed by atoms with Crippen LogP contribution in [0.15, 0.2) is 18.2 Å². The molecule has 0 aliphatic carbocycles. The Labute approximate surface area is 108 Å². The van der Waals surface area contributed by atoms with E-state index in [2.05, 4.69) is 6.07 Å². The Morgan fingerprint density at radius 2 is 2.33 bits per heavy atom. The third-order valence-corrected chi connectivity index (χ3v) is 3.65. The monoisotopic (exact) mass is 248 g/mol.